The van der Waals surface area contributed by atoms with Crippen LogP contribution in [-0.4, -0.2) is 31.1 Å². The molecule has 22 heavy (non-hydrogen) atoms. The highest BCUT2D eigenvalue weighted by Gasteiger charge is 2.27. The number of benzene rings is 1. The van der Waals surface area contributed by atoms with Crippen molar-refractivity contribution < 1.29 is 4.39 Å². The lowest BCUT2D eigenvalue weighted by atomic mass is 10.00. The Kier molecular flexibility index (Phi) is 6.24. The smallest absolute Gasteiger partial charge is 0.128 e. The zero-order valence-electron chi connectivity index (χ0n) is 12.3. The topological polar surface area (TPSA) is 15.3 Å². The van der Waals surface area contributed by atoms with E-state index in [-0.39, 0.29) is 24.3 Å². The number of piperazine rings is 1. The molecule has 2 aromatic rings. The van der Waals surface area contributed by atoms with Crippen molar-refractivity contribution in [2.45, 2.75) is 13.0 Å². The van der Waals surface area contributed by atoms with Gasteiger partial charge < -0.3 is 5.32 Å². The third kappa shape index (κ3) is 3.81. The first-order valence-corrected chi connectivity index (χ1v) is 8.30. The van der Waals surface area contributed by atoms with Gasteiger partial charge in [-0.25, -0.2) is 4.39 Å². The summed E-state index contributed by atoms with van der Waals surface area (Å²) in [5.41, 5.74) is 1.82. The molecular formula is C16H19Cl2FN2S. The molecular weight excluding hydrogens is 342 g/mol. The van der Waals surface area contributed by atoms with Crippen molar-refractivity contribution in [3.8, 4) is 0 Å². The second kappa shape index (κ2) is 7.75. The Morgan fingerprint density at radius 2 is 1.95 bits per heavy atom. The molecule has 0 unspecified atom stereocenters. The number of aryl methyl sites for hydroxylation is 1. The van der Waals surface area contributed by atoms with E-state index < -0.39 is 0 Å². The molecule has 2 heterocycles. The van der Waals surface area contributed by atoms with Crippen LogP contribution in [0, 0.1) is 12.7 Å². The second-order valence-corrected chi connectivity index (χ2v) is 7.10. The van der Waals surface area contributed by atoms with Gasteiger partial charge in [-0.3, -0.25) is 4.90 Å². The van der Waals surface area contributed by atoms with Gasteiger partial charge >= 0.3 is 0 Å². The summed E-state index contributed by atoms with van der Waals surface area (Å²) in [6.45, 7) is 5.69. The maximum Gasteiger partial charge on any atom is 0.128 e. The van der Waals surface area contributed by atoms with Crippen LogP contribution in [-0.2, 0) is 0 Å². The van der Waals surface area contributed by atoms with E-state index in [1.54, 1.807) is 6.07 Å². The Balaban J connectivity index is 0.00000176. The summed E-state index contributed by atoms with van der Waals surface area (Å²) < 4.78 is 15.1. The molecule has 1 N–H and O–H groups in total. The van der Waals surface area contributed by atoms with E-state index in [2.05, 4.69) is 10.2 Å². The molecule has 1 fully saturated rings. The maximum absolute atomic E-state index is 14.4. The van der Waals surface area contributed by atoms with Gasteiger partial charge in [0, 0.05) is 36.6 Å². The maximum atomic E-state index is 14.4. The fraction of sp³-hybridized carbons (Fsp3) is 0.375. The van der Waals surface area contributed by atoms with E-state index in [4.69, 9.17) is 11.6 Å². The van der Waals surface area contributed by atoms with Crippen LogP contribution in [0.4, 0.5) is 4.39 Å². The number of nitrogens with one attached hydrogen (secondary N) is 1. The van der Waals surface area contributed by atoms with Crippen molar-refractivity contribution in [3.05, 3.63) is 56.5 Å². The summed E-state index contributed by atoms with van der Waals surface area (Å²) in [5, 5.41) is 3.35. The lowest BCUT2D eigenvalue weighted by molar-refractivity contribution is 0.197. The fourth-order valence-corrected chi connectivity index (χ4v) is 4.03. The molecule has 0 aliphatic carbocycles. The number of hydrogen-bond acceptors (Lipinski definition) is 3. The Morgan fingerprint density at radius 3 is 2.59 bits per heavy atom. The highest BCUT2D eigenvalue weighted by Crippen LogP contribution is 2.36. The molecule has 0 spiro atoms. The van der Waals surface area contributed by atoms with Gasteiger partial charge in [-0.05, 0) is 25.1 Å². The molecule has 3 rings (SSSR count). The molecule has 6 heteroatoms. The third-order valence-electron chi connectivity index (χ3n) is 3.83. The first kappa shape index (κ1) is 17.7. The van der Waals surface area contributed by atoms with Gasteiger partial charge in [-0.15, -0.1) is 23.7 Å². The van der Waals surface area contributed by atoms with Gasteiger partial charge in [0.05, 0.1) is 10.4 Å². The van der Waals surface area contributed by atoms with E-state index in [1.165, 1.54) is 11.3 Å². The quantitative estimate of drug-likeness (QED) is 0.879. The van der Waals surface area contributed by atoms with Gasteiger partial charge in [0.15, 0.2) is 0 Å². The van der Waals surface area contributed by atoms with Gasteiger partial charge in [0.2, 0.25) is 0 Å². The summed E-state index contributed by atoms with van der Waals surface area (Å²) in [7, 11) is 0. The van der Waals surface area contributed by atoms with Gasteiger partial charge in [-0.2, -0.15) is 0 Å². The molecule has 1 aromatic carbocycles. The van der Waals surface area contributed by atoms with E-state index in [9.17, 15) is 4.39 Å². The number of nitrogens with zero attached hydrogens (tertiary/aromatic N) is 1. The molecule has 0 saturated carbocycles. The van der Waals surface area contributed by atoms with E-state index in [1.807, 2.05) is 31.2 Å². The van der Waals surface area contributed by atoms with Crippen LogP contribution in [0.5, 0.6) is 0 Å². The van der Waals surface area contributed by atoms with Gasteiger partial charge in [0.1, 0.15) is 5.82 Å². The van der Waals surface area contributed by atoms with Crippen LogP contribution in [0.1, 0.15) is 22.0 Å². The predicted octanol–water partition coefficient (Wildman–Crippen LogP) is 4.27. The SMILES string of the molecule is Cc1ccc(F)c([C@@H](c2ccc(Cl)s2)N2CCNCC2)c1.Cl. The Labute approximate surface area is 145 Å². The molecule has 1 aliphatic rings. The second-order valence-electron chi connectivity index (χ2n) is 5.36. The normalized spacial score (nSPS) is 17.0. The van der Waals surface area contributed by atoms with Crippen LogP contribution in [0.3, 0.4) is 0 Å². The molecule has 0 amide bonds. The summed E-state index contributed by atoms with van der Waals surface area (Å²) >= 11 is 7.63. The number of halogens is 3. The zero-order valence-corrected chi connectivity index (χ0v) is 14.7. The number of thiophene rings is 1. The van der Waals surface area contributed by atoms with Crippen molar-refractivity contribution >= 4 is 35.3 Å². The standard InChI is InChI=1S/C16H18ClFN2S.ClH/c1-11-2-3-13(18)12(10-11)16(14-4-5-15(17)21-14)20-8-6-19-7-9-20;/h2-5,10,16,19H,6-9H2,1H3;1H/t16-;/m0./s1. The van der Waals surface area contributed by atoms with E-state index in [0.29, 0.717) is 0 Å². The van der Waals surface area contributed by atoms with Crippen molar-refractivity contribution in [2.24, 2.45) is 0 Å². The van der Waals surface area contributed by atoms with Crippen LogP contribution in [0.15, 0.2) is 30.3 Å². The minimum absolute atomic E-state index is 0. The molecule has 1 aromatic heterocycles. The van der Waals surface area contributed by atoms with Crippen molar-refractivity contribution in [3.63, 3.8) is 0 Å². The molecule has 1 aliphatic heterocycles. The Morgan fingerprint density at radius 1 is 1.23 bits per heavy atom. The lowest BCUT2D eigenvalue weighted by Crippen LogP contribution is -2.45. The summed E-state index contributed by atoms with van der Waals surface area (Å²) in [5.74, 6) is -0.145. The van der Waals surface area contributed by atoms with Gasteiger partial charge in [-0.1, -0.05) is 29.3 Å². The van der Waals surface area contributed by atoms with Crippen LogP contribution < -0.4 is 5.32 Å². The van der Waals surface area contributed by atoms with E-state index in [0.717, 1.165) is 46.5 Å². The van der Waals surface area contributed by atoms with Gasteiger partial charge in [0.25, 0.3) is 0 Å². The van der Waals surface area contributed by atoms with Crippen LogP contribution >= 0.6 is 35.3 Å². The van der Waals surface area contributed by atoms with Crippen molar-refractivity contribution in [1.82, 2.24) is 10.2 Å². The fourth-order valence-electron chi connectivity index (χ4n) is 2.82. The molecule has 1 saturated heterocycles. The first-order valence-electron chi connectivity index (χ1n) is 7.11. The largest absolute Gasteiger partial charge is 0.314 e. The average molecular weight is 361 g/mol. The average Bonchev–Trinajstić information content (AvgIpc) is 2.90. The van der Waals surface area contributed by atoms with E-state index >= 15 is 0 Å². The molecule has 2 nitrogen and oxygen atoms in total. The van der Waals surface area contributed by atoms with Crippen molar-refractivity contribution in [2.75, 3.05) is 26.2 Å². The lowest BCUT2D eigenvalue weighted by Gasteiger charge is -2.35. The first-order chi connectivity index (χ1) is 10.1. The predicted molar refractivity (Wildman–Crippen MR) is 94.0 cm³/mol. The molecule has 1 atom stereocenters. The van der Waals surface area contributed by atoms with Crippen LogP contribution in [0.2, 0.25) is 4.34 Å². The summed E-state index contributed by atoms with van der Waals surface area (Å²) in [6.07, 6.45) is 0. The number of hydrogen-bond donors (Lipinski definition) is 1. The highest BCUT2D eigenvalue weighted by molar-refractivity contribution is 7.16. The minimum atomic E-state index is -0.145. The molecule has 0 bridgehead atoms. The third-order valence-corrected chi connectivity index (χ3v) is 5.11. The van der Waals surface area contributed by atoms with Crippen molar-refractivity contribution in [1.29, 1.82) is 0 Å². The number of rotatable bonds is 3. The van der Waals surface area contributed by atoms with Crippen LogP contribution in [0.25, 0.3) is 0 Å². The highest BCUT2D eigenvalue weighted by atomic mass is 35.5. The Hall–Kier alpha value is -0.650. The molecule has 0 radical (unpaired) electrons. The monoisotopic (exact) mass is 360 g/mol. The summed E-state index contributed by atoms with van der Waals surface area (Å²) in [6, 6.07) is 9.19. The Bertz CT molecular complexity index is 626. The zero-order chi connectivity index (χ0) is 14.8. The molecule has 120 valence electrons. The summed E-state index contributed by atoms with van der Waals surface area (Å²) in [4.78, 5) is 3.43. The minimum Gasteiger partial charge on any atom is -0.314 e.